The first-order chi connectivity index (χ1) is 16.0. The van der Waals surface area contributed by atoms with Crippen molar-refractivity contribution >= 4 is 5.97 Å². The molecule has 0 spiro atoms. The van der Waals surface area contributed by atoms with Crippen molar-refractivity contribution in [1.29, 1.82) is 5.26 Å². The number of aliphatic carboxylic acids is 1. The molecule has 1 N–H and O–H groups in total. The second kappa shape index (κ2) is 8.47. The van der Waals surface area contributed by atoms with Gasteiger partial charge in [0.05, 0.1) is 18.6 Å². The average molecular weight is 445 g/mol. The fraction of sp³-hybridized carbons (Fsp3) is 0.231. The molecule has 5 rings (SSSR count). The maximum Gasteiger partial charge on any atom is 0.304 e. The first-order valence-corrected chi connectivity index (χ1v) is 10.7. The number of carbonyl (C=O) groups is 1. The van der Waals surface area contributed by atoms with E-state index >= 15 is 0 Å². The highest BCUT2D eigenvalue weighted by Crippen LogP contribution is 2.44. The van der Waals surface area contributed by atoms with Crippen molar-refractivity contribution in [2.24, 2.45) is 0 Å². The van der Waals surface area contributed by atoms with Gasteiger partial charge >= 0.3 is 5.97 Å². The van der Waals surface area contributed by atoms with Crippen molar-refractivity contribution in [3.8, 4) is 29.1 Å². The summed E-state index contributed by atoms with van der Waals surface area (Å²) < 4.78 is 32.6. The van der Waals surface area contributed by atoms with E-state index in [-0.39, 0.29) is 18.2 Å². The number of rotatable bonds is 6. The van der Waals surface area contributed by atoms with E-state index in [2.05, 4.69) is 6.07 Å². The van der Waals surface area contributed by atoms with Crippen LogP contribution in [0.2, 0.25) is 0 Å². The molecule has 3 aromatic rings. The van der Waals surface area contributed by atoms with Crippen LogP contribution >= 0.6 is 0 Å². The number of benzene rings is 3. The molecule has 1 heterocycles. The third-order valence-electron chi connectivity index (χ3n) is 6.03. The van der Waals surface area contributed by atoms with E-state index < -0.39 is 12.1 Å². The van der Waals surface area contributed by atoms with Crippen molar-refractivity contribution in [3.05, 3.63) is 82.7 Å². The minimum atomic E-state index is -0.870. The maximum absolute atomic E-state index is 14.8. The van der Waals surface area contributed by atoms with E-state index in [1.807, 2.05) is 6.07 Å². The molecule has 3 aromatic carbocycles. The molecule has 2 unspecified atom stereocenters. The predicted molar refractivity (Wildman–Crippen MR) is 116 cm³/mol. The van der Waals surface area contributed by atoms with Gasteiger partial charge in [0.2, 0.25) is 0 Å². The molecule has 0 fully saturated rings. The van der Waals surface area contributed by atoms with E-state index in [1.54, 1.807) is 42.5 Å². The lowest BCUT2D eigenvalue weighted by molar-refractivity contribution is -0.137. The van der Waals surface area contributed by atoms with Gasteiger partial charge in [-0.3, -0.25) is 4.79 Å². The van der Waals surface area contributed by atoms with Crippen LogP contribution in [0.3, 0.4) is 0 Å². The lowest BCUT2D eigenvalue weighted by Crippen LogP contribution is -2.07. The van der Waals surface area contributed by atoms with E-state index in [9.17, 15) is 14.4 Å². The largest absolute Gasteiger partial charge is 0.492 e. The highest BCUT2D eigenvalue weighted by atomic mass is 19.1. The van der Waals surface area contributed by atoms with E-state index in [0.717, 1.165) is 11.1 Å². The molecule has 0 saturated heterocycles. The monoisotopic (exact) mass is 445 g/mol. The number of fused-ring (bicyclic) bond motifs is 2. The zero-order chi connectivity index (χ0) is 22.9. The molecule has 7 heteroatoms. The number of nitrogens with zero attached hydrogens (tertiary/aromatic N) is 1. The molecular formula is C26H20FNO5. The molecule has 0 saturated carbocycles. The van der Waals surface area contributed by atoms with Crippen LogP contribution in [-0.2, 0) is 11.2 Å². The Morgan fingerprint density at radius 2 is 2.03 bits per heavy atom. The summed E-state index contributed by atoms with van der Waals surface area (Å²) in [6.07, 6.45) is 0.659. The fourth-order valence-electron chi connectivity index (χ4n) is 4.50. The highest BCUT2D eigenvalue weighted by Gasteiger charge is 2.32. The van der Waals surface area contributed by atoms with Crippen LogP contribution in [0.4, 0.5) is 4.39 Å². The topological polar surface area (TPSA) is 88.8 Å². The number of ether oxygens (including phenoxy) is 3. The van der Waals surface area contributed by atoms with Crippen LogP contribution in [0.25, 0.3) is 0 Å². The van der Waals surface area contributed by atoms with Crippen molar-refractivity contribution < 1.29 is 28.5 Å². The van der Waals surface area contributed by atoms with Gasteiger partial charge in [-0.2, -0.15) is 5.26 Å². The third kappa shape index (κ3) is 3.96. The molecule has 6 nitrogen and oxygen atoms in total. The van der Waals surface area contributed by atoms with Gasteiger partial charge in [0.15, 0.2) is 0 Å². The van der Waals surface area contributed by atoms with Gasteiger partial charge in [-0.25, -0.2) is 4.39 Å². The summed E-state index contributed by atoms with van der Waals surface area (Å²) in [4.78, 5) is 11.0. The summed E-state index contributed by atoms with van der Waals surface area (Å²) in [6.45, 7) is 0.316. The van der Waals surface area contributed by atoms with Gasteiger partial charge < -0.3 is 19.3 Å². The number of nitriles is 1. The van der Waals surface area contributed by atoms with E-state index in [1.165, 1.54) is 6.07 Å². The van der Waals surface area contributed by atoms with Gasteiger partial charge in [0.1, 0.15) is 41.0 Å². The summed E-state index contributed by atoms with van der Waals surface area (Å²) in [5.41, 5.74) is 2.43. The second-order valence-corrected chi connectivity index (χ2v) is 8.10. The van der Waals surface area contributed by atoms with Crippen molar-refractivity contribution in [2.45, 2.75) is 31.3 Å². The second-order valence-electron chi connectivity index (χ2n) is 8.10. The summed E-state index contributed by atoms with van der Waals surface area (Å²) in [5.74, 6) is 0.634. The van der Waals surface area contributed by atoms with Crippen LogP contribution in [0.1, 0.15) is 47.1 Å². The average Bonchev–Trinajstić information content (AvgIpc) is 3.40. The number of carboxylic acids is 1. The van der Waals surface area contributed by atoms with E-state index in [4.69, 9.17) is 19.3 Å². The fourth-order valence-corrected chi connectivity index (χ4v) is 4.50. The highest BCUT2D eigenvalue weighted by molar-refractivity contribution is 5.68. The van der Waals surface area contributed by atoms with Crippen LogP contribution in [0, 0.1) is 17.1 Å². The lowest BCUT2D eigenvalue weighted by Gasteiger charge is -2.17. The molecule has 0 bridgehead atoms. The van der Waals surface area contributed by atoms with Gasteiger partial charge in [0, 0.05) is 28.7 Å². The zero-order valence-electron chi connectivity index (χ0n) is 17.6. The Morgan fingerprint density at radius 3 is 2.85 bits per heavy atom. The quantitative estimate of drug-likeness (QED) is 0.538. The summed E-state index contributed by atoms with van der Waals surface area (Å²) >= 11 is 0. The number of halogens is 1. The van der Waals surface area contributed by atoms with Gasteiger partial charge in [-0.05, 0) is 43.2 Å². The van der Waals surface area contributed by atoms with Crippen LogP contribution in [0.5, 0.6) is 23.0 Å². The summed E-state index contributed by atoms with van der Waals surface area (Å²) in [6, 6.07) is 17.3. The first-order valence-electron chi connectivity index (χ1n) is 10.7. The predicted octanol–water partition coefficient (Wildman–Crippen LogP) is 5.51. The van der Waals surface area contributed by atoms with Crippen LogP contribution in [-0.4, -0.2) is 17.7 Å². The third-order valence-corrected chi connectivity index (χ3v) is 6.03. The van der Waals surface area contributed by atoms with Crippen LogP contribution in [0.15, 0.2) is 54.6 Å². The molecule has 33 heavy (non-hydrogen) atoms. The van der Waals surface area contributed by atoms with E-state index in [0.29, 0.717) is 53.6 Å². The number of hydrogen-bond donors (Lipinski definition) is 1. The molecule has 166 valence electrons. The summed E-state index contributed by atoms with van der Waals surface area (Å²) in [5, 5.41) is 18.4. The maximum atomic E-state index is 14.8. The Bertz CT molecular complexity index is 1280. The number of hydrogen-bond acceptors (Lipinski definition) is 5. The minimum absolute atomic E-state index is 0.00607. The Morgan fingerprint density at radius 1 is 1.18 bits per heavy atom. The Kier molecular flexibility index (Phi) is 5.35. The Balaban J connectivity index is 1.39. The molecule has 0 amide bonds. The normalized spacial score (nSPS) is 18.1. The summed E-state index contributed by atoms with van der Waals surface area (Å²) in [7, 11) is 0. The standard InChI is InChI=1S/C26H20FNO5/c27-20-8-10-22(33-21-4-2-1-3-15(21)13-28)19-7-9-23(26(19)20)32-17-5-6-18-16(11-25(29)30)14-31-24(18)12-17/h1-6,8,10,12,16,23H,7,9,11,14H2,(H,29,30). The first kappa shape index (κ1) is 20.8. The van der Waals surface area contributed by atoms with Gasteiger partial charge in [-0.15, -0.1) is 0 Å². The molecule has 2 aliphatic rings. The van der Waals surface area contributed by atoms with Crippen molar-refractivity contribution in [3.63, 3.8) is 0 Å². The molecule has 0 aromatic heterocycles. The smallest absolute Gasteiger partial charge is 0.304 e. The van der Waals surface area contributed by atoms with Gasteiger partial charge in [0.25, 0.3) is 0 Å². The molecule has 1 aliphatic carbocycles. The Labute approximate surface area is 189 Å². The molecule has 2 atom stereocenters. The molecular weight excluding hydrogens is 425 g/mol. The SMILES string of the molecule is N#Cc1ccccc1Oc1ccc(F)c2c1CCC2Oc1ccc2c(c1)OCC2CC(=O)O. The van der Waals surface area contributed by atoms with Crippen LogP contribution < -0.4 is 14.2 Å². The minimum Gasteiger partial charge on any atom is -0.492 e. The van der Waals surface area contributed by atoms with Crippen molar-refractivity contribution in [1.82, 2.24) is 0 Å². The van der Waals surface area contributed by atoms with Gasteiger partial charge in [-0.1, -0.05) is 18.2 Å². The number of para-hydroxylation sites is 1. The zero-order valence-corrected chi connectivity index (χ0v) is 17.6. The molecule has 0 radical (unpaired) electrons. The molecule has 1 aliphatic heterocycles. The van der Waals surface area contributed by atoms with Crippen molar-refractivity contribution in [2.75, 3.05) is 6.61 Å². The Hall–Kier alpha value is -4.05. The lowest BCUT2D eigenvalue weighted by atomic mass is 9.98. The number of carboxylic acid groups (broad SMARTS) is 1.